The Morgan fingerprint density at radius 1 is 1.11 bits per heavy atom. The third kappa shape index (κ3) is 7.84. The highest BCUT2D eigenvalue weighted by Crippen LogP contribution is 2.51. The van der Waals surface area contributed by atoms with E-state index >= 15 is 0 Å². The number of carbonyl (C=O) groups excluding carboxylic acids is 2. The molecule has 0 fully saturated rings. The lowest BCUT2D eigenvalue weighted by Crippen LogP contribution is -2.50. The zero-order chi connectivity index (χ0) is 33.7. The van der Waals surface area contributed by atoms with E-state index in [9.17, 15) is 59.6 Å². The summed E-state index contributed by atoms with van der Waals surface area (Å²) in [7, 11) is 0. The van der Waals surface area contributed by atoms with E-state index in [-0.39, 0.29) is 29.4 Å². The number of nitrogens with zero attached hydrogens (tertiary/aromatic N) is 6. The average molecular weight is 671 g/mol. The molecule has 23 heteroatoms. The Morgan fingerprint density at radius 2 is 1.80 bits per heavy atom. The molecule has 1 amide bonds. The maximum atomic E-state index is 14.5. The Bertz CT molecular complexity index is 1670. The summed E-state index contributed by atoms with van der Waals surface area (Å²) in [4.78, 5) is 48.1. The molecule has 45 heavy (non-hydrogen) atoms. The van der Waals surface area contributed by atoms with E-state index in [1.165, 1.54) is 0 Å². The number of hydrogen-bond donors (Lipinski definition) is 2. The molecule has 0 spiro atoms. The summed E-state index contributed by atoms with van der Waals surface area (Å²) >= 11 is 0.603. The Balaban J connectivity index is 1.85. The molecule has 240 valence electrons. The summed E-state index contributed by atoms with van der Waals surface area (Å²) in [6.07, 6.45) is -5.77. The summed E-state index contributed by atoms with van der Waals surface area (Å²) in [5, 5.41) is 32.1. The number of carbonyl (C=O) groups is 3. The van der Waals surface area contributed by atoms with E-state index in [4.69, 9.17) is 9.84 Å². The molecule has 1 aromatic carbocycles. The van der Waals surface area contributed by atoms with Crippen molar-refractivity contribution in [2.75, 3.05) is 11.9 Å². The Labute approximate surface area is 247 Å². The zero-order valence-electron chi connectivity index (χ0n) is 21.5. The van der Waals surface area contributed by atoms with Crippen LogP contribution in [0.1, 0.15) is 15.9 Å². The van der Waals surface area contributed by atoms with Crippen LogP contribution in [0.4, 0.5) is 46.6 Å². The number of amides is 1. The molecule has 0 atom stereocenters. The van der Waals surface area contributed by atoms with Crippen molar-refractivity contribution in [1.29, 1.82) is 0 Å². The number of carboxylic acids is 1. The highest BCUT2D eigenvalue weighted by molar-refractivity contribution is 7.99. The van der Waals surface area contributed by atoms with Crippen molar-refractivity contribution < 1.29 is 64.3 Å². The number of carboxylic acid groups (broad SMARTS) is 1. The van der Waals surface area contributed by atoms with Crippen LogP contribution in [0.15, 0.2) is 52.7 Å². The van der Waals surface area contributed by atoms with Crippen LogP contribution < -0.4 is 5.32 Å². The van der Waals surface area contributed by atoms with Gasteiger partial charge in [-0.3, -0.25) is 14.9 Å². The molecule has 0 saturated heterocycles. The predicted molar refractivity (Wildman–Crippen MR) is 130 cm³/mol. The molecular formula is C22H13F8N7O7S. The molecular weight excluding hydrogens is 658 g/mol. The van der Waals surface area contributed by atoms with E-state index in [0.29, 0.717) is 30.0 Å². The lowest BCUT2D eigenvalue weighted by molar-refractivity contribution is -0.384. The maximum Gasteiger partial charge on any atom is 0.460 e. The maximum absolute atomic E-state index is 14.5. The molecule has 2 heterocycles. The molecule has 0 saturated carbocycles. The number of esters is 1. The third-order valence-corrected chi connectivity index (χ3v) is 6.27. The Morgan fingerprint density at radius 3 is 2.40 bits per heavy atom. The topological polar surface area (TPSA) is 192 Å². The molecule has 2 aromatic heterocycles. The van der Waals surface area contributed by atoms with Gasteiger partial charge in [0.05, 0.1) is 17.0 Å². The fraction of sp³-hybridized carbons (Fsp3) is 0.227. The van der Waals surface area contributed by atoms with Crippen LogP contribution >= 0.6 is 11.8 Å². The monoisotopic (exact) mass is 671 g/mol. The van der Waals surface area contributed by atoms with E-state index in [1.807, 2.05) is 0 Å². The number of rotatable bonds is 12. The van der Waals surface area contributed by atoms with Gasteiger partial charge in [-0.1, -0.05) is 0 Å². The first-order valence-corrected chi connectivity index (χ1v) is 12.3. The van der Waals surface area contributed by atoms with E-state index in [0.717, 1.165) is 16.8 Å². The first-order valence-electron chi connectivity index (χ1n) is 11.4. The van der Waals surface area contributed by atoms with Gasteiger partial charge in [-0.25, -0.2) is 23.6 Å². The van der Waals surface area contributed by atoms with Gasteiger partial charge >= 0.3 is 30.0 Å². The number of nitrogens with one attached hydrogen (secondary N) is 1. The molecule has 3 rings (SSSR count). The van der Waals surface area contributed by atoms with Gasteiger partial charge in [0.15, 0.2) is 11.6 Å². The Kier molecular flexibility index (Phi) is 10.0. The number of tetrazole rings is 1. The predicted octanol–water partition coefficient (Wildman–Crippen LogP) is 3.99. The molecule has 0 aliphatic carbocycles. The van der Waals surface area contributed by atoms with Crippen LogP contribution in [0.25, 0.3) is 0 Å². The van der Waals surface area contributed by atoms with Gasteiger partial charge in [-0.2, -0.15) is 30.7 Å². The highest BCUT2D eigenvalue weighted by atomic mass is 32.2. The van der Waals surface area contributed by atoms with Crippen molar-refractivity contribution in [1.82, 2.24) is 25.2 Å². The van der Waals surface area contributed by atoms with Crippen molar-refractivity contribution >= 4 is 41.1 Å². The largest absolute Gasteiger partial charge is 0.478 e. The second kappa shape index (κ2) is 13.2. The highest BCUT2D eigenvalue weighted by Gasteiger charge is 2.73. The fourth-order valence-electron chi connectivity index (χ4n) is 3.06. The van der Waals surface area contributed by atoms with Gasteiger partial charge in [-0.05, 0) is 34.3 Å². The first-order chi connectivity index (χ1) is 20.8. The molecule has 0 unspecified atom stereocenters. The van der Waals surface area contributed by atoms with Crippen LogP contribution in [-0.2, 0) is 26.8 Å². The number of aliphatic carboxylic acids is 1. The number of nitro benzene ring substituents is 1. The minimum absolute atomic E-state index is 0.100. The van der Waals surface area contributed by atoms with Crippen LogP contribution in [0.5, 0.6) is 0 Å². The number of ether oxygens (including phenoxy) is 1. The number of hydrogen-bond acceptors (Lipinski definition) is 11. The molecule has 14 nitrogen and oxygen atoms in total. The lowest BCUT2D eigenvalue weighted by atomic mass is 10.0. The van der Waals surface area contributed by atoms with Gasteiger partial charge in [0, 0.05) is 40.9 Å². The number of non-ortho nitro benzene ring substituents is 1. The number of halogens is 8. The normalized spacial score (nSPS) is 12.3. The molecule has 0 aliphatic rings. The second-order valence-electron chi connectivity index (χ2n) is 8.22. The summed E-state index contributed by atoms with van der Waals surface area (Å²) in [6.45, 7) is -0.583. The average Bonchev–Trinajstić information content (AvgIpc) is 3.38. The molecule has 3 aromatic rings. The van der Waals surface area contributed by atoms with Gasteiger partial charge in [0.1, 0.15) is 6.61 Å². The SMILES string of the molecule is O=C(O)/C=C/C(=O)OCCn1nnnc1Sc1ccc([N+](=O)[O-])cc1C(=O)Nc1ncc(C(F)(F)C(F)(F)C(F)(F)F)cc1F. The van der Waals surface area contributed by atoms with Gasteiger partial charge in [0.2, 0.25) is 5.16 Å². The van der Waals surface area contributed by atoms with Gasteiger partial charge in [-0.15, -0.1) is 5.10 Å². The molecule has 2 N–H and O–H groups in total. The summed E-state index contributed by atoms with van der Waals surface area (Å²) in [5.41, 5.74) is -3.40. The number of alkyl halides is 7. The van der Waals surface area contributed by atoms with Crippen LogP contribution in [0.3, 0.4) is 0 Å². The number of nitro groups is 1. The van der Waals surface area contributed by atoms with Crippen molar-refractivity contribution in [2.45, 2.75) is 34.6 Å². The zero-order valence-corrected chi connectivity index (χ0v) is 22.3. The second-order valence-corrected chi connectivity index (χ2v) is 9.23. The molecule has 0 aliphatic heterocycles. The van der Waals surface area contributed by atoms with Crippen molar-refractivity contribution in [3.63, 3.8) is 0 Å². The van der Waals surface area contributed by atoms with Crippen LogP contribution in [0.2, 0.25) is 0 Å². The minimum atomic E-state index is -6.71. The number of benzene rings is 1. The summed E-state index contributed by atoms with van der Waals surface area (Å²) < 4.78 is 112. The number of aromatic nitrogens is 5. The number of pyridine rings is 1. The van der Waals surface area contributed by atoms with Crippen molar-refractivity contribution in [3.05, 3.63) is 69.7 Å². The quantitative estimate of drug-likeness (QED) is 0.0926. The van der Waals surface area contributed by atoms with Gasteiger partial charge in [0.25, 0.3) is 11.6 Å². The summed E-state index contributed by atoms with van der Waals surface area (Å²) in [5.74, 6) is -19.5. The van der Waals surface area contributed by atoms with E-state index < -0.39 is 75.3 Å². The van der Waals surface area contributed by atoms with Crippen LogP contribution in [-0.4, -0.2) is 71.8 Å². The lowest BCUT2D eigenvalue weighted by Gasteiger charge is -2.28. The minimum Gasteiger partial charge on any atom is -0.478 e. The Hall–Kier alpha value is -5.22. The van der Waals surface area contributed by atoms with Crippen molar-refractivity contribution in [3.8, 4) is 0 Å². The third-order valence-electron chi connectivity index (χ3n) is 5.21. The van der Waals surface area contributed by atoms with E-state index in [1.54, 1.807) is 5.32 Å². The number of anilines is 1. The van der Waals surface area contributed by atoms with Crippen molar-refractivity contribution in [2.24, 2.45) is 0 Å². The smallest absolute Gasteiger partial charge is 0.460 e. The van der Waals surface area contributed by atoms with Gasteiger partial charge < -0.3 is 15.2 Å². The van der Waals surface area contributed by atoms with Crippen LogP contribution in [0, 0.1) is 15.9 Å². The molecule has 0 bridgehead atoms. The standard InChI is InChI=1S/C22H13F8N7O7S/c23-13-7-10(20(24,25)21(26,27)22(28,29)30)9-31-17(13)32-18(41)12-8-11(37(42)43)1-2-14(12)45-19-33-34-35-36(19)5-6-44-16(40)4-3-15(38)39/h1-4,7-9H,5-6H2,(H,38,39)(H,31,32,41)/b4-3+. The molecule has 0 radical (unpaired) electrons. The summed E-state index contributed by atoms with van der Waals surface area (Å²) in [6, 6.07) is 2.29. The fourth-order valence-corrected chi connectivity index (χ4v) is 3.97. The first kappa shape index (κ1) is 34.3. The van der Waals surface area contributed by atoms with E-state index in [2.05, 4.69) is 20.5 Å².